The quantitative estimate of drug-likeness (QED) is 0.464. The average molecular weight is 374 g/mol. The lowest BCUT2D eigenvalue weighted by atomic mass is 9.95. The number of halogens is 1. The number of nitro groups is 1. The molecule has 26 heavy (non-hydrogen) atoms. The highest BCUT2D eigenvalue weighted by atomic mass is 35.5. The van der Waals surface area contributed by atoms with Gasteiger partial charge >= 0.3 is 5.97 Å². The van der Waals surface area contributed by atoms with Crippen LogP contribution < -0.4 is 0 Å². The van der Waals surface area contributed by atoms with E-state index < -0.39 is 22.7 Å². The number of hydrogen-bond donors (Lipinski definition) is 3. The van der Waals surface area contributed by atoms with E-state index in [1.54, 1.807) is 30.3 Å². The largest absolute Gasteiger partial charge is 0.477 e. The van der Waals surface area contributed by atoms with E-state index in [9.17, 15) is 25.1 Å². The van der Waals surface area contributed by atoms with Crippen LogP contribution in [-0.2, 0) is 0 Å². The zero-order valence-electron chi connectivity index (χ0n) is 13.1. The number of aromatic carboxylic acids is 1. The molecule has 1 unspecified atom stereocenters. The second-order valence-electron chi connectivity index (χ2n) is 5.39. The average Bonchev–Trinajstić information content (AvgIpc) is 3.07. The number of aromatic nitrogens is 2. The van der Waals surface area contributed by atoms with Gasteiger partial charge in [0.15, 0.2) is 0 Å². The molecule has 0 aliphatic carbocycles. The van der Waals surface area contributed by atoms with Crippen LogP contribution in [0.2, 0.25) is 5.02 Å². The minimum atomic E-state index is -1.59. The highest BCUT2D eigenvalue weighted by Crippen LogP contribution is 2.37. The van der Waals surface area contributed by atoms with Gasteiger partial charge in [-0.2, -0.15) is 5.10 Å². The smallest absolute Gasteiger partial charge is 0.354 e. The minimum absolute atomic E-state index is 0.0610. The summed E-state index contributed by atoms with van der Waals surface area (Å²) in [6.07, 6.45) is -1.59. The fraction of sp³-hybridized carbons (Fsp3) is 0.0588. The summed E-state index contributed by atoms with van der Waals surface area (Å²) in [5.41, 5.74) is -0.154. The van der Waals surface area contributed by atoms with Crippen molar-refractivity contribution in [3.63, 3.8) is 0 Å². The zero-order chi connectivity index (χ0) is 18.8. The van der Waals surface area contributed by atoms with E-state index in [4.69, 9.17) is 11.6 Å². The fourth-order valence-electron chi connectivity index (χ4n) is 2.66. The molecule has 1 aromatic heterocycles. The molecule has 3 N–H and O–H groups in total. The van der Waals surface area contributed by atoms with Crippen LogP contribution in [0.1, 0.15) is 27.7 Å². The topological polar surface area (TPSA) is 129 Å². The Bertz CT molecular complexity index is 987. The molecular formula is C17H12ClN3O5. The first-order valence-corrected chi connectivity index (χ1v) is 7.76. The van der Waals surface area contributed by atoms with Crippen LogP contribution in [0.3, 0.4) is 0 Å². The molecule has 1 heterocycles. The first-order valence-electron chi connectivity index (χ1n) is 7.39. The van der Waals surface area contributed by atoms with E-state index in [-0.39, 0.29) is 27.5 Å². The molecule has 0 spiro atoms. The Morgan fingerprint density at radius 1 is 1.23 bits per heavy atom. The molecule has 0 amide bonds. The lowest BCUT2D eigenvalue weighted by Crippen LogP contribution is -2.10. The number of H-pyrrole nitrogens is 1. The van der Waals surface area contributed by atoms with Gasteiger partial charge < -0.3 is 10.2 Å². The summed E-state index contributed by atoms with van der Waals surface area (Å²) >= 11 is 5.80. The Labute approximate surface area is 151 Å². The maximum atomic E-state index is 11.5. The van der Waals surface area contributed by atoms with Gasteiger partial charge in [-0.25, -0.2) is 4.79 Å². The van der Waals surface area contributed by atoms with Crippen molar-refractivity contribution < 1.29 is 19.9 Å². The number of aliphatic hydroxyl groups is 1. The molecule has 0 fully saturated rings. The number of carbonyl (C=O) groups is 1. The number of nitro benzene ring substituents is 1. The highest BCUT2D eigenvalue weighted by molar-refractivity contribution is 6.30. The summed E-state index contributed by atoms with van der Waals surface area (Å²) in [5.74, 6) is -1.34. The van der Waals surface area contributed by atoms with Crippen molar-refractivity contribution >= 4 is 23.3 Å². The van der Waals surface area contributed by atoms with E-state index in [0.717, 1.165) is 6.07 Å². The van der Waals surface area contributed by atoms with Crippen LogP contribution in [0, 0.1) is 10.1 Å². The van der Waals surface area contributed by atoms with E-state index in [1.165, 1.54) is 12.1 Å². The predicted molar refractivity (Wildman–Crippen MR) is 93.2 cm³/mol. The zero-order valence-corrected chi connectivity index (χ0v) is 13.8. The highest BCUT2D eigenvalue weighted by Gasteiger charge is 2.30. The van der Waals surface area contributed by atoms with Crippen LogP contribution in [0.25, 0.3) is 11.3 Å². The minimum Gasteiger partial charge on any atom is -0.477 e. The van der Waals surface area contributed by atoms with Crippen LogP contribution in [0.15, 0.2) is 48.5 Å². The molecule has 0 aliphatic rings. The van der Waals surface area contributed by atoms with E-state index >= 15 is 0 Å². The Morgan fingerprint density at radius 3 is 2.54 bits per heavy atom. The maximum Gasteiger partial charge on any atom is 0.354 e. The molecule has 2 aromatic carbocycles. The second kappa shape index (κ2) is 6.95. The summed E-state index contributed by atoms with van der Waals surface area (Å²) in [6, 6.07) is 12.4. The van der Waals surface area contributed by atoms with Crippen LogP contribution in [0.5, 0.6) is 0 Å². The number of nitrogens with zero attached hydrogens (tertiary/aromatic N) is 2. The molecule has 1 atom stereocenters. The summed E-state index contributed by atoms with van der Waals surface area (Å²) in [5, 5.41) is 38.0. The first-order chi connectivity index (χ1) is 12.4. The number of nitrogens with one attached hydrogen (secondary N) is 1. The maximum absolute atomic E-state index is 11.5. The van der Waals surface area contributed by atoms with Crippen molar-refractivity contribution in [1.29, 1.82) is 0 Å². The van der Waals surface area contributed by atoms with Crippen molar-refractivity contribution in [3.05, 3.63) is 80.5 Å². The van der Waals surface area contributed by atoms with Crippen molar-refractivity contribution in [2.24, 2.45) is 0 Å². The number of carboxylic acid groups (broad SMARTS) is 1. The number of aromatic amines is 1. The van der Waals surface area contributed by atoms with Gasteiger partial charge in [-0.05, 0) is 12.1 Å². The molecule has 9 heteroatoms. The summed E-state index contributed by atoms with van der Waals surface area (Å²) < 4.78 is 0. The lowest BCUT2D eigenvalue weighted by molar-refractivity contribution is -0.386. The van der Waals surface area contributed by atoms with Crippen molar-refractivity contribution in [1.82, 2.24) is 10.2 Å². The van der Waals surface area contributed by atoms with Gasteiger partial charge in [-0.3, -0.25) is 15.2 Å². The van der Waals surface area contributed by atoms with Gasteiger partial charge in [0.2, 0.25) is 0 Å². The lowest BCUT2D eigenvalue weighted by Gasteiger charge is -2.13. The Kier molecular flexibility index (Phi) is 4.70. The third kappa shape index (κ3) is 3.15. The number of carboxylic acids is 1. The molecule has 0 bridgehead atoms. The third-order valence-corrected chi connectivity index (χ3v) is 4.06. The van der Waals surface area contributed by atoms with Gasteiger partial charge in [0.25, 0.3) is 5.69 Å². The normalized spacial score (nSPS) is 11.9. The second-order valence-corrected chi connectivity index (χ2v) is 5.83. The van der Waals surface area contributed by atoms with Crippen molar-refractivity contribution in [3.8, 4) is 11.3 Å². The van der Waals surface area contributed by atoms with E-state index in [2.05, 4.69) is 10.2 Å². The van der Waals surface area contributed by atoms with Crippen molar-refractivity contribution in [2.45, 2.75) is 6.10 Å². The molecule has 132 valence electrons. The summed E-state index contributed by atoms with van der Waals surface area (Å²) in [7, 11) is 0. The first kappa shape index (κ1) is 17.6. The molecule has 3 rings (SSSR count). The predicted octanol–water partition coefficient (Wildman–Crippen LogP) is 3.42. The molecule has 0 radical (unpaired) electrons. The Balaban J connectivity index is 2.22. The van der Waals surface area contributed by atoms with Gasteiger partial charge in [0, 0.05) is 22.2 Å². The molecule has 0 saturated carbocycles. The molecule has 0 aliphatic heterocycles. The standard InChI is InChI=1S/C17H12ClN3O5/c18-10-6-7-11(12(8-10)21(25)26)16(22)13-14(9-4-2-1-3-5-9)19-20-15(13)17(23)24/h1-8,16,22H,(H,19,20)(H,23,24). The SMILES string of the molecule is O=C(O)c1[nH]nc(-c2ccccc2)c1C(O)c1ccc(Cl)cc1[N+](=O)[O-]. The van der Waals surface area contributed by atoms with Crippen LogP contribution in [0.4, 0.5) is 5.69 Å². The van der Waals surface area contributed by atoms with Gasteiger partial charge in [-0.15, -0.1) is 0 Å². The summed E-state index contributed by atoms with van der Waals surface area (Å²) in [4.78, 5) is 22.2. The van der Waals surface area contributed by atoms with Crippen LogP contribution in [-0.4, -0.2) is 31.3 Å². The summed E-state index contributed by atoms with van der Waals surface area (Å²) in [6.45, 7) is 0. The number of aliphatic hydroxyl groups excluding tert-OH is 1. The molecule has 3 aromatic rings. The van der Waals surface area contributed by atoms with Crippen LogP contribution >= 0.6 is 11.6 Å². The third-order valence-electron chi connectivity index (χ3n) is 3.82. The van der Waals surface area contributed by atoms with Crippen molar-refractivity contribution in [2.75, 3.05) is 0 Å². The Morgan fingerprint density at radius 2 is 1.92 bits per heavy atom. The van der Waals surface area contributed by atoms with Gasteiger partial charge in [-0.1, -0.05) is 41.9 Å². The molecule has 8 nitrogen and oxygen atoms in total. The van der Waals surface area contributed by atoms with E-state index in [1.807, 2.05) is 0 Å². The number of benzene rings is 2. The number of rotatable bonds is 5. The Hall–Kier alpha value is -3.23. The fourth-order valence-corrected chi connectivity index (χ4v) is 2.82. The van der Waals surface area contributed by atoms with Gasteiger partial charge in [0.1, 0.15) is 11.8 Å². The monoisotopic (exact) mass is 373 g/mol. The molecular weight excluding hydrogens is 362 g/mol. The van der Waals surface area contributed by atoms with Gasteiger partial charge in [0.05, 0.1) is 16.2 Å². The molecule has 0 saturated heterocycles. The van der Waals surface area contributed by atoms with E-state index in [0.29, 0.717) is 5.56 Å². The number of hydrogen-bond acceptors (Lipinski definition) is 5.